The molecule has 0 aliphatic heterocycles. The fourth-order valence-corrected chi connectivity index (χ4v) is 1.56. The van der Waals surface area contributed by atoms with Crippen LogP contribution in [0.2, 0.25) is 0 Å². The Bertz CT molecular complexity index is 398. The molecule has 0 unspecified atom stereocenters. The molecular formula is C8H7NaO3S. The van der Waals surface area contributed by atoms with E-state index in [0.717, 1.165) is 0 Å². The maximum atomic E-state index is 10.6. The third kappa shape index (κ3) is 3.25. The van der Waals surface area contributed by atoms with Crippen LogP contribution in [0.25, 0.3) is 6.08 Å². The van der Waals surface area contributed by atoms with E-state index in [4.69, 9.17) is 0 Å². The molecule has 0 aromatic heterocycles. The van der Waals surface area contributed by atoms with Crippen molar-refractivity contribution in [2.24, 2.45) is 0 Å². The summed E-state index contributed by atoms with van der Waals surface area (Å²) in [4.78, 5) is -0.222. The predicted molar refractivity (Wildman–Crippen MR) is 44.5 cm³/mol. The second kappa shape index (κ2) is 4.93. The molecule has 13 heavy (non-hydrogen) atoms. The second-order valence-electron chi connectivity index (χ2n) is 2.20. The second-order valence-corrected chi connectivity index (χ2v) is 3.54. The van der Waals surface area contributed by atoms with Gasteiger partial charge in [-0.2, -0.15) is 0 Å². The van der Waals surface area contributed by atoms with Crippen LogP contribution in [0.4, 0.5) is 0 Å². The molecule has 0 fully saturated rings. The molecule has 0 aliphatic rings. The Morgan fingerprint density at radius 1 is 1.31 bits per heavy atom. The summed E-state index contributed by atoms with van der Waals surface area (Å²) >= 11 is 0. The SMILES string of the molecule is C=Cc1ccccc1S(=O)(=O)[O-].[Na+]. The molecule has 0 bridgehead atoms. The molecule has 1 aromatic carbocycles. The molecular weight excluding hydrogens is 199 g/mol. The molecule has 0 N–H and O–H groups in total. The Morgan fingerprint density at radius 2 is 1.85 bits per heavy atom. The van der Waals surface area contributed by atoms with E-state index in [0.29, 0.717) is 5.56 Å². The van der Waals surface area contributed by atoms with Gasteiger partial charge in [-0.15, -0.1) is 0 Å². The van der Waals surface area contributed by atoms with Crippen LogP contribution < -0.4 is 29.6 Å². The molecule has 1 rings (SSSR count). The number of hydrogen-bond donors (Lipinski definition) is 0. The van der Waals surface area contributed by atoms with E-state index in [9.17, 15) is 13.0 Å². The van der Waals surface area contributed by atoms with Crippen LogP contribution in [0.5, 0.6) is 0 Å². The van der Waals surface area contributed by atoms with Crippen molar-refractivity contribution in [1.29, 1.82) is 0 Å². The summed E-state index contributed by atoms with van der Waals surface area (Å²) < 4.78 is 31.8. The van der Waals surface area contributed by atoms with Gasteiger partial charge in [0.1, 0.15) is 10.1 Å². The van der Waals surface area contributed by atoms with Gasteiger partial charge in [0.2, 0.25) is 0 Å². The van der Waals surface area contributed by atoms with Crippen LogP contribution in [0.3, 0.4) is 0 Å². The average molecular weight is 206 g/mol. The first kappa shape index (κ1) is 12.9. The quantitative estimate of drug-likeness (QED) is 0.425. The van der Waals surface area contributed by atoms with E-state index in [1.54, 1.807) is 6.07 Å². The van der Waals surface area contributed by atoms with Gasteiger partial charge in [0, 0.05) is 0 Å². The van der Waals surface area contributed by atoms with Crippen LogP contribution >= 0.6 is 0 Å². The van der Waals surface area contributed by atoms with E-state index in [1.807, 2.05) is 0 Å². The Kier molecular flexibility index (Phi) is 4.88. The van der Waals surface area contributed by atoms with Crippen LogP contribution in [-0.4, -0.2) is 13.0 Å². The fraction of sp³-hybridized carbons (Fsp3) is 0. The summed E-state index contributed by atoms with van der Waals surface area (Å²) in [5.74, 6) is 0. The van der Waals surface area contributed by atoms with Crippen molar-refractivity contribution in [3.63, 3.8) is 0 Å². The minimum Gasteiger partial charge on any atom is -0.744 e. The molecule has 5 heteroatoms. The first-order valence-corrected chi connectivity index (χ1v) is 4.64. The van der Waals surface area contributed by atoms with Gasteiger partial charge in [-0.25, -0.2) is 8.42 Å². The van der Waals surface area contributed by atoms with Crippen molar-refractivity contribution in [2.45, 2.75) is 4.90 Å². The van der Waals surface area contributed by atoms with Gasteiger partial charge in [-0.05, 0) is 11.6 Å². The van der Waals surface area contributed by atoms with Crippen molar-refractivity contribution >= 4 is 16.2 Å². The molecule has 0 heterocycles. The van der Waals surface area contributed by atoms with Gasteiger partial charge in [0.15, 0.2) is 0 Å². The zero-order chi connectivity index (χ0) is 9.19. The van der Waals surface area contributed by atoms with Crippen LogP contribution in [0, 0.1) is 0 Å². The molecule has 0 saturated carbocycles. The van der Waals surface area contributed by atoms with Gasteiger partial charge in [-0.1, -0.05) is 30.9 Å². The monoisotopic (exact) mass is 206 g/mol. The zero-order valence-electron chi connectivity index (χ0n) is 7.23. The number of rotatable bonds is 2. The van der Waals surface area contributed by atoms with Crippen LogP contribution in [0.15, 0.2) is 35.7 Å². The molecule has 0 radical (unpaired) electrons. The van der Waals surface area contributed by atoms with E-state index >= 15 is 0 Å². The summed E-state index contributed by atoms with van der Waals surface area (Å²) in [5, 5.41) is 0. The summed E-state index contributed by atoms with van der Waals surface area (Å²) in [6, 6.07) is 5.93. The molecule has 1 aromatic rings. The van der Waals surface area contributed by atoms with Crippen molar-refractivity contribution in [2.75, 3.05) is 0 Å². The van der Waals surface area contributed by atoms with Gasteiger partial charge < -0.3 is 4.55 Å². The van der Waals surface area contributed by atoms with E-state index in [2.05, 4.69) is 6.58 Å². The minimum absolute atomic E-state index is 0. The van der Waals surface area contributed by atoms with E-state index in [-0.39, 0.29) is 34.5 Å². The summed E-state index contributed by atoms with van der Waals surface area (Å²) in [7, 11) is -4.37. The van der Waals surface area contributed by atoms with Gasteiger partial charge in [0.25, 0.3) is 0 Å². The molecule has 3 nitrogen and oxygen atoms in total. The Hall–Kier alpha value is -0.130. The van der Waals surface area contributed by atoms with E-state index in [1.165, 1.54) is 24.3 Å². The fourth-order valence-electron chi connectivity index (χ4n) is 0.877. The normalized spacial score (nSPS) is 10.2. The Balaban J connectivity index is 0.00000144. The van der Waals surface area contributed by atoms with Crippen molar-refractivity contribution < 1.29 is 42.5 Å². The third-order valence-electron chi connectivity index (χ3n) is 1.41. The van der Waals surface area contributed by atoms with Crippen molar-refractivity contribution in [1.82, 2.24) is 0 Å². The van der Waals surface area contributed by atoms with Gasteiger partial charge in [-0.3, -0.25) is 0 Å². The van der Waals surface area contributed by atoms with Gasteiger partial charge >= 0.3 is 29.6 Å². The summed E-state index contributed by atoms with van der Waals surface area (Å²) in [6.45, 7) is 3.40. The molecule has 64 valence electrons. The van der Waals surface area contributed by atoms with Crippen LogP contribution in [-0.2, 0) is 10.1 Å². The first-order valence-electron chi connectivity index (χ1n) is 3.23. The maximum absolute atomic E-state index is 10.6. The molecule has 0 spiro atoms. The summed E-state index contributed by atoms with van der Waals surface area (Å²) in [5.41, 5.74) is 0.340. The predicted octanol–water partition coefficient (Wildman–Crippen LogP) is -1.76. The smallest absolute Gasteiger partial charge is 0.744 e. The van der Waals surface area contributed by atoms with Crippen LogP contribution in [0.1, 0.15) is 5.56 Å². The Labute approximate surface area is 99.5 Å². The Morgan fingerprint density at radius 3 is 2.23 bits per heavy atom. The number of hydrogen-bond acceptors (Lipinski definition) is 3. The largest absolute Gasteiger partial charge is 1.00 e. The average Bonchev–Trinajstić information content (AvgIpc) is 2.03. The van der Waals surface area contributed by atoms with E-state index < -0.39 is 10.1 Å². The number of benzene rings is 1. The topological polar surface area (TPSA) is 57.2 Å². The first-order chi connectivity index (χ1) is 5.55. The minimum atomic E-state index is -4.37. The maximum Gasteiger partial charge on any atom is 1.00 e. The standard InChI is InChI=1S/C8H8O3S.Na/c1-2-7-5-3-4-6-8(7)12(9,10)11;/h2-6H,1H2,(H,9,10,11);/q;+1/p-1. The molecule has 0 atom stereocenters. The van der Waals surface area contributed by atoms with Crippen molar-refractivity contribution in [3.05, 3.63) is 36.4 Å². The molecule has 0 amide bonds. The molecule has 0 saturated heterocycles. The zero-order valence-corrected chi connectivity index (χ0v) is 10.0. The molecule has 0 aliphatic carbocycles. The third-order valence-corrected chi connectivity index (χ3v) is 2.32. The van der Waals surface area contributed by atoms with Gasteiger partial charge in [0.05, 0.1) is 4.90 Å². The summed E-state index contributed by atoms with van der Waals surface area (Å²) in [6.07, 6.45) is 1.34. The van der Waals surface area contributed by atoms with Crippen molar-refractivity contribution in [3.8, 4) is 0 Å².